The zero-order chi connectivity index (χ0) is 55.8. The molecule has 0 fully saturated rings. The molecule has 0 heterocycles. The first-order valence-corrected chi connectivity index (χ1v) is 28.2. The molecule has 6 heteroatoms. The van der Waals surface area contributed by atoms with E-state index in [0.29, 0.717) is 0 Å². The fourth-order valence-corrected chi connectivity index (χ4v) is 10.2. The second-order valence-corrected chi connectivity index (χ2v) is 21.2. The van der Waals surface area contributed by atoms with E-state index in [1.807, 2.05) is 12.1 Å². The smallest absolute Gasteiger partial charge is 0.0511 e. The highest BCUT2D eigenvalue weighted by Crippen LogP contribution is 2.33. The summed E-state index contributed by atoms with van der Waals surface area (Å²) in [6.45, 7) is 8.98. The third kappa shape index (κ3) is 14.8. The van der Waals surface area contributed by atoms with Crippen molar-refractivity contribution in [2.45, 2.75) is 64.7 Å². The molecule has 0 bridgehead atoms. The number of benzene rings is 10. The molecule has 0 aliphatic heterocycles. The van der Waals surface area contributed by atoms with E-state index in [-0.39, 0.29) is 24.2 Å². The Hall–Kier alpha value is -9.00. The summed E-state index contributed by atoms with van der Waals surface area (Å²) in [5.74, 6) is 0. The highest BCUT2D eigenvalue weighted by atomic mass is 15.1. The first-order chi connectivity index (χ1) is 38.9. The van der Waals surface area contributed by atoms with Crippen LogP contribution in [0.3, 0.4) is 0 Å². The van der Waals surface area contributed by atoms with Crippen molar-refractivity contribution in [3.05, 3.63) is 311 Å². The average Bonchev–Trinajstić information content (AvgIpc) is 3.52. The maximum absolute atomic E-state index is 3.67. The van der Waals surface area contributed by atoms with Crippen molar-refractivity contribution in [1.29, 1.82) is 0 Å². The van der Waals surface area contributed by atoms with Gasteiger partial charge in [-0.3, -0.25) is 0 Å². The first-order valence-electron chi connectivity index (χ1n) is 28.2. The van der Waals surface area contributed by atoms with Gasteiger partial charge in [0.05, 0.1) is 12.1 Å². The number of para-hydroxylation sites is 2. The molecule has 2 N–H and O–H groups in total. The van der Waals surface area contributed by atoms with Crippen molar-refractivity contribution in [2.24, 2.45) is 0 Å². The summed E-state index contributed by atoms with van der Waals surface area (Å²) in [5.41, 5.74) is 19.9. The van der Waals surface area contributed by atoms with Gasteiger partial charge in [0.1, 0.15) is 0 Å². The van der Waals surface area contributed by atoms with Gasteiger partial charge in [0.2, 0.25) is 0 Å². The standard InChI is InChI=1S/C38H42N4.C36H36N2/c1-29(39(3)35-21-25-37(26-22-35)41(5)33-13-9-7-10-14-33)31-17-19-32(20-18-31)30(2)40(4)36-23-27-38(28-24-36)42(6)34-15-11-8-12-16-34;1-27(37-35-20-16-31(17-21-35)24-29-10-5-3-6-11-29)33-14-9-15-34(26-33)28(2)38-36-22-18-32(19-23-36)25-30-12-7-4-8-13-30/h7-30H,1-6H3;3-23,26-28,37-38H,24-25H2,1-2H3. The minimum Gasteiger partial charge on any atom is -0.379 e. The third-order valence-electron chi connectivity index (χ3n) is 15.7. The fraction of sp³-hybridized carbons (Fsp3) is 0.189. The molecular formula is C74H78N6. The van der Waals surface area contributed by atoms with Crippen LogP contribution < -0.4 is 30.2 Å². The summed E-state index contributed by atoms with van der Waals surface area (Å²) < 4.78 is 0. The Balaban J connectivity index is 0.000000195. The highest BCUT2D eigenvalue weighted by molar-refractivity contribution is 5.67. The maximum Gasteiger partial charge on any atom is 0.0511 e. The molecule has 4 unspecified atom stereocenters. The van der Waals surface area contributed by atoms with Crippen molar-refractivity contribution in [2.75, 3.05) is 58.4 Å². The van der Waals surface area contributed by atoms with E-state index in [9.17, 15) is 0 Å². The van der Waals surface area contributed by atoms with E-state index in [2.05, 4.69) is 341 Å². The summed E-state index contributed by atoms with van der Waals surface area (Å²) in [6, 6.07) is 96.2. The van der Waals surface area contributed by atoms with Crippen molar-refractivity contribution < 1.29 is 0 Å². The molecule has 6 nitrogen and oxygen atoms in total. The lowest BCUT2D eigenvalue weighted by molar-refractivity contribution is 0.726. The maximum atomic E-state index is 3.67. The molecule has 0 radical (unpaired) electrons. The van der Waals surface area contributed by atoms with Crippen LogP contribution in [0.2, 0.25) is 0 Å². The van der Waals surface area contributed by atoms with Crippen molar-refractivity contribution >= 4 is 45.5 Å². The number of nitrogens with zero attached hydrogens (tertiary/aromatic N) is 4. The van der Waals surface area contributed by atoms with Crippen LogP contribution in [0.4, 0.5) is 45.5 Å². The van der Waals surface area contributed by atoms with Crippen LogP contribution in [-0.4, -0.2) is 28.2 Å². The molecule has 0 aliphatic carbocycles. The molecule has 0 saturated heterocycles. The minimum absolute atomic E-state index is 0.208. The van der Waals surface area contributed by atoms with Gasteiger partial charge in [-0.2, -0.15) is 0 Å². The second-order valence-electron chi connectivity index (χ2n) is 21.2. The Morgan fingerprint density at radius 3 is 0.900 bits per heavy atom. The number of nitrogens with one attached hydrogen (secondary N) is 2. The minimum atomic E-state index is 0.208. The summed E-state index contributed by atoms with van der Waals surface area (Å²) in [4.78, 5) is 9.10. The topological polar surface area (TPSA) is 37.0 Å². The Bertz CT molecular complexity index is 3180. The van der Waals surface area contributed by atoms with Gasteiger partial charge in [-0.05, 0) is 182 Å². The van der Waals surface area contributed by atoms with Gasteiger partial charge in [0.25, 0.3) is 0 Å². The predicted molar refractivity (Wildman–Crippen MR) is 344 cm³/mol. The molecule has 404 valence electrons. The monoisotopic (exact) mass is 1050 g/mol. The lowest BCUT2D eigenvalue weighted by atomic mass is 10.0. The summed E-state index contributed by atoms with van der Waals surface area (Å²) >= 11 is 0. The second kappa shape index (κ2) is 27.0. The molecule has 0 amide bonds. The van der Waals surface area contributed by atoms with Gasteiger partial charge in [-0.1, -0.05) is 170 Å². The molecule has 0 spiro atoms. The molecule has 80 heavy (non-hydrogen) atoms. The van der Waals surface area contributed by atoms with Gasteiger partial charge in [-0.15, -0.1) is 0 Å². The Labute approximate surface area is 477 Å². The van der Waals surface area contributed by atoms with Crippen molar-refractivity contribution in [3.8, 4) is 0 Å². The SMILES string of the molecule is CC(Nc1ccc(Cc2ccccc2)cc1)c1cccc(C(C)Nc2ccc(Cc3ccccc3)cc2)c1.CC(c1ccc(C(C)N(C)c2ccc(N(C)c3ccccc3)cc2)cc1)N(C)c1ccc(N(C)c2ccccc2)cc1. The van der Waals surface area contributed by atoms with Gasteiger partial charge < -0.3 is 30.2 Å². The van der Waals surface area contributed by atoms with Crippen LogP contribution in [0.25, 0.3) is 0 Å². The van der Waals surface area contributed by atoms with Gasteiger partial charge in [0.15, 0.2) is 0 Å². The Kier molecular flexibility index (Phi) is 18.8. The molecule has 0 aromatic heterocycles. The van der Waals surface area contributed by atoms with Crippen LogP contribution in [0.1, 0.15) is 96.4 Å². The molecule has 10 aromatic rings. The van der Waals surface area contributed by atoms with E-state index in [1.54, 1.807) is 0 Å². The molecule has 10 aromatic carbocycles. The Morgan fingerprint density at radius 2 is 0.562 bits per heavy atom. The number of rotatable bonds is 20. The van der Waals surface area contributed by atoms with Gasteiger partial charge >= 0.3 is 0 Å². The van der Waals surface area contributed by atoms with E-state index in [4.69, 9.17) is 0 Å². The molecule has 0 aliphatic rings. The molecule has 0 saturated carbocycles. The van der Waals surface area contributed by atoms with E-state index >= 15 is 0 Å². The van der Waals surface area contributed by atoms with Crippen LogP contribution in [0.15, 0.2) is 267 Å². The summed E-state index contributed by atoms with van der Waals surface area (Å²) in [5, 5.41) is 7.34. The average molecular weight is 1050 g/mol. The third-order valence-corrected chi connectivity index (χ3v) is 15.7. The van der Waals surface area contributed by atoms with E-state index < -0.39 is 0 Å². The first kappa shape index (κ1) is 55.7. The zero-order valence-corrected chi connectivity index (χ0v) is 47.9. The van der Waals surface area contributed by atoms with Crippen LogP contribution in [0, 0.1) is 0 Å². The predicted octanol–water partition coefficient (Wildman–Crippen LogP) is 18.8. The van der Waals surface area contributed by atoms with Gasteiger partial charge in [-0.25, -0.2) is 0 Å². The summed E-state index contributed by atoms with van der Waals surface area (Å²) in [6.07, 6.45) is 1.92. The summed E-state index contributed by atoms with van der Waals surface area (Å²) in [7, 11) is 8.56. The van der Waals surface area contributed by atoms with Crippen LogP contribution in [-0.2, 0) is 12.8 Å². The van der Waals surface area contributed by atoms with Crippen molar-refractivity contribution in [1.82, 2.24) is 0 Å². The van der Waals surface area contributed by atoms with E-state index in [1.165, 1.54) is 78.6 Å². The van der Waals surface area contributed by atoms with Crippen molar-refractivity contribution in [3.63, 3.8) is 0 Å². The van der Waals surface area contributed by atoms with E-state index in [0.717, 1.165) is 24.2 Å². The van der Waals surface area contributed by atoms with Crippen LogP contribution in [0.5, 0.6) is 0 Å². The zero-order valence-electron chi connectivity index (χ0n) is 47.9. The molecule has 4 atom stereocenters. The van der Waals surface area contributed by atoms with Crippen LogP contribution >= 0.6 is 0 Å². The Morgan fingerprint density at radius 1 is 0.275 bits per heavy atom. The number of hydrogen-bond donors (Lipinski definition) is 2. The lowest BCUT2D eigenvalue weighted by Crippen LogP contribution is -2.23. The molecule has 10 rings (SSSR count). The fourth-order valence-electron chi connectivity index (χ4n) is 10.2. The quantitative estimate of drug-likeness (QED) is 0.0792. The normalized spacial score (nSPS) is 12.4. The number of hydrogen-bond acceptors (Lipinski definition) is 6. The largest absolute Gasteiger partial charge is 0.379 e. The molecular weight excluding hydrogens is 973 g/mol. The van der Waals surface area contributed by atoms with Gasteiger partial charge in [0, 0.05) is 85.8 Å². The highest BCUT2D eigenvalue weighted by Gasteiger charge is 2.18. The lowest BCUT2D eigenvalue weighted by Gasteiger charge is -2.30. The number of anilines is 8.